The van der Waals surface area contributed by atoms with E-state index in [1.54, 1.807) is 22.6 Å². The number of aliphatic hydroxyl groups is 2. The molecule has 0 saturated carbocycles. The van der Waals surface area contributed by atoms with Crippen LogP contribution in [0.2, 0.25) is 0 Å². The predicted molar refractivity (Wildman–Crippen MR) is 31.7 cm³/mol. The van der Waals surface area contributed by atoms with Gasteiger partial charge in [-0.3, -0.25) is 0 Å². The van der Waals surface area contributed by atoms with E-state index in [0.717, 1.165) is 0 Å². The zero-order chi connectivity index (χ0) is 5.15. The van der Waals surface area contributed by atoms with Gasteiger partial charge in [0.25, 0.3) is 0 Å². The fourth-order valence-corrected chi connectivity index (χ4v) is 0. The third-order valence-corrected chi connectivity index (χ3v) is 1.44. The van der Waals surface area contributed by atoms with E-state index in [0.29, 0.717) is 0 Å². The van der Waals surface area contributed by atoms with E-state index >= 15 is 0 Å². The first-order chi connectivity index (χ1) is 2.64. The van der Waals surface area contributed by atoms with Crippen LogP contribution < -0.4 is 0 Å². The minimum Gasteiger partial charge on any atom is -0.390 e. The average Bonchev–Trinajstić information content (AvgIpc) is 1.36. The Kier molecular flexibility index (Phi) is 3.06. The summed E-state index contributed by atoms with van der Waals surface area (Å²) in [6, 6.07) is 0. The van der Waals surface area contributed by atoms with Crippen molar-refractivity contribution in [3.05, 3.63) is 0 Å². The minimum absolute atomic E-state index is 0.606. The van der Waals surface area contributed by atoms with Crippen LogP contribution in [0.5, 0.6) is 0 Å². The molecule has 0 bridgehead atoms. The SMILES string of the molecule is C[C@@H](O)[C@H](O)I. The second-order valence-corrected chi connectivity index (χ2v) is 2.39. The highest BCUT2D eigenvalue weighted by molar-refractivity contribution is 14.1. The second-order valence-electron chi connectivity index (χ2n) is 1.11. The molecule has 0 aromatic carbocycles. The van der Waals surface area contributed by atoms with Gasteiger partial charge in [0.1, 0.15) is 4.11 Å². The lowest BCUT2D eigenvalue weighted by atomic mass is 10.5. The molecule has 38 valence electrons. The molecular weight excluding hydrogens is 195 g/mol. The maximum Gasteiger partial charge on any atom is 0.130 e. The van der Waals surface area contributed by atoms with Gasteiger partial charge in [0.05, 0.1) is 6.10 Å². The third-order valence-electron chi connectivity index (χ3n) is 0.398. The molecule has 0 unspecified atom stereocenters. The fraction of sp³-hybridized carbons (Fsp3) is 1.00. The lowest BCUT2D eigenvalue weighted by molar-refractivity contribution is 0.0974. The highest BCUT2D eigenvalue weighted by Crippen LogP contribution is 1.98. The second kappa shape index (κ2) is 2.76. The molecule has 0 heterocycles. The van der Waals surface area contributed by atoms with Gasteiger partial charge in [-0.25, -0.2) is 0 Å². The van der Waals surface area contributed by atoms with E-state index in [2.05, 4.69) is 0 Å². The molecule has 2 N–H and O–H groups in total. The molecule has 0 aliphatic heterocycles. The highest BCUT2D eigenvalue weighted by atomic mass is 127. The Morgan fingerprint density at radius 1 is 1.50 bits per heavy atom. The summed E-state index contributed by atoms with van der Waals surface area (Å²) in [5.74, 6) is 0. The van der Waals surface area contributed by atoms with Crippen LogP contribution in [0.4, 0.5) is 0 Å². The topological polar surface area (TPSA) is 40.5 Å². The first kappa shape index (κ1) is 6.65. The predicted octanol–water partition coefficient (Wildman–Crippen LogP) is 0.121. The van der Waals surface area contributed by atoms with Crippen molar-refractivity contribution in [2.45, 2.75) is 17.1 Å². The van der Waals surface area contributed by atoms with Crippen LogP contribution >= 0.6 is 22.6 Å². The number of hydrogen-bond donors (Lipinski definition) is 2. The lowest BCUT2D eigenvalue weighted by Crippen LogP contribution is -2.13. The van der Waals surface area contributed by atoms with E-state index in [1.807, 2.05) is 0 Å². The Morgan fingerprint density at radius 3 is 1.67 bits per heavy atom. The van der Waals surface area contributed by atoms with Crippen molar-refractivity contribution in [3.63, 3.8) is 0 Å². The van der Waals surface area contributed by atoms with Crippen molar-refractivity contribution in [1.29, 1.82) is 0 Å². The monoisotopic (exact) mass is 202 g/mol. The molecule has 0 saturated heterocycles. The summed E-state index contributed by atoms with van der Waals surface area (Å²) in [7, 11) is 0. The zero-order valence-corrected chi connectivity index (χ0v) is 5.58. The van der Waals surface area contributed by atoms with Crippen molar-refractivity contribution in [1.82, 2.24) is 0 Å². The summed E-state index contributed by atoms with van der Waals surface area (Å²) < 4.78 is -0.623. The van der Waals surface area contributed by atoms with Crippen molar-refractivity contribution in [2.75, 3.05) is 0 Å². The van der Waals surface area contributed by atoms with Crippen LogP contribution in [-0.2, 0) is 0 Å². The van der Waals surface area contributed by atoms with E-state index < -0.39 is 10.2 Å². The van der Waals surface area contributed by atoms with Crippen LogP contribution in [0.15, 0.2) is 0 Å². The van der Waals surface area contributed by atoms with Crippen molar-refractivity contribution in [3.8, 4) is 0 Å². The summed E-state index contributed by atoms with van der Waals surface area (Å²) in [5, 5.41) is 16.7. The number of alkyl halides is 1. The molecule has 0 aliphatic carbocycles. The van der Waals surface area contributed by atoms with E-state index in [-0.39, 0.29) is 0 Å². The number of halogens is 1. The third kappa shape index (κ3) is 2.87. The van der Waals surface area contributed by atoms with Gasteiger partial charge in [-0.1, -0.05) is 0 Å². The van der Waals surface area contributed by atoms with Gasteiger partial charge in [0.2, 0.25) is 0 Å². The average molecular weight is 202 g/mol. The Hall–Kier alpha value is 0.650. The maximum atomic E-state index is 8.37. The van der Waals surface area contributed by atoms with E-state index in [1.165, 1.54) is 6.92 Å². The number of aliphatic hydroxyl groups excluding tert-OH is 2. The molecule has 0 aromatic rings. The molecule has 2 atom stereocenters. The Balaban J connectivity index is 2.99. The molecule has 0 fully saturated rings. The number of hydrogen-bond acceptors (Lipinski definition) is 2. The van der Waals surface area contributed by atoms with Gasteiger partial charge in [-0.2, -0.15) is 0 Å². The maximum absolute atomic E-state index is 8.37. The smallest absolute Gasteiger partial charge is 0.130 e. The van der Waals surface area contributed by atoms with Crippen molar-refractivity contribution in [2.24, 2.45) is 0 Å². The molecule has 3 heteroatoms. The molecule has 0 aromatic heterocycles. The molecule has 6 heavy (non-hydrogen) atoms. The summed E-state index contributed by atoms with van der Waals surface area (Å²) in [4.78, 5) is 0. The first-order valence-corrected chi connectivity index (χ1v) is 2.89. The quantitative estimate of drug-likeness (QED) is 0.468. The Bertz CT molecular complexity index is 29.8. The highest BCUT2D eigenvalue weighted by Gasteiger charge is 2.01. The summed E-state index contributed by atoms with van der Waals surface area (Å²) >= 11 is 1.74. The van der Waals surface area contributed by atoms with Crippen molar-refractivity contribution < 1.29 is 10.2 Å². The molecule has 0 rings (SSSR count). The standard InChI is InChI=1S/C3H7IO2/c1-2(5)3(4)6/h2-3,5-6H,1H3/t2-,3+/m1/s1. The summed E-state index contributed by atoms with van der Waals surface area (Å²) in [6.07, 6.45) is -0.606. The van der Waals surface area contributed by atoms with Gasteiger partial charge in [0, 0.05) is 0 Å². The molecular formula is C3H7IO2. The molecule has 0 spiro atoms. The normalized spacial score (nSPS) is 20.0. The molecule has 0 amide bonds. The van der Waals surface area contributed by atoms with Crippen LogP contribution in [0.3, 0.4) is 0 Å². The van der Waals surface area contributed by atoms with Gasteiger partial charge >= 0.3 is 0 Å². The molecule has 0 aliphatic rings. The van der Waals surface area contributed by atoms with E-state index in [9.17, 15) is 0 Å². The van der Waals surface area contributed by atoms with Gasteiger partial charge in [0.15, 0.2) is 0 Å². The van der Waals surface area contributed by atoms with Crippen LogP contribution in [0.25, 0.3) is 0 Å². The first-order valence-electron chi connectivity index (χ1n) is 1.65. The van der Waals surface area contributed by atoms with Gasteiger partial charge in [-0.05, 0) is 29.5 Å². The summed E-state index contributed by atoms with van der Waals surface area (Å²) in [5.41, 5.74) is 0. The van der Waals surface area contributed by atoms with E-state index in [4.69, 9.17) is 10.2 Å². The van der Waals surface area contributed by atoms with Crippen LogP contribution in [-0.4, -0.2) is 20.4 Å². The van der Waals surface area contributed by atoms with Crippen LogP contribution in [0, 0.1) is 0 Å². The molecule has 2 nitrogen and oxygen atoms in total. The fourth-order valence-electron chi connectivity index (χ4n) is 0. The minimum atomic E-state index is -0.623. The number of rotatable bonds is 1. The zero-order valence-electron chi connectivity index (χ0n) is 3.43. The lowest BCUT2D eigenvalue weighted by Gasteiger charge is -2.01. The Labute approximate surface area is 50.3 Å². The Morgan fingerprint density at radius 2 is 1.67 bits per heavy atom. The van der Waals surface area contributed by atoms with Crippen molar-refractivity contribution >= 4 is 22.6 Å². The molecule has 0 radical (unpaired) electrons. The summed E-state index contributed by atoms with van der Waals surface area (Å²) in [6.45, 7) is 1.54. The largest absolute Gasteiger partial charge is 0.390 e. The van der Waals surface area contributed by atoms with Crippen LogP contribution in [0.1, 0.15) is 6.92 Å². The van der Waals surface area contributed by atoms with Gasteiger partial charge in [-0.15, -0.1) is 0 Å². The van der Waals surface area contributed by atoms with Gasteiger partial charge < -0.3 is 10.2 Å².